The molecule has 9 heteroatoms. The number of carbonyl (C=O) groups is 1. The van der Waals surface area contributed by atoms with Gasteiger partial charge in [-0.2, -0.15) is 4.98 Å². The molecule has 0 radical (unpaired) electrons. The minimum absolute atomic E-state index is 0.0332. The van der Waals surface area contributed by atoms with Crippen LogP contribution in [0.5, 0.6) is 0 Å². The summed E-state index contributed by atoms with van der Waals surface area (Å²) >= 11 is 1.42. The Morgan fingerprint density at radius 3 is 2.59 bits per heavy atom. The largest absolute Gasteiger partial charge is 0.348 e. The Morgan fingerprint density at radius 2 is 1.93 bits per heavy atom. The van der Waals surface area contributed by atoms with Gasteiger partial charge >= 0.3 is 0 Å². The van der Waals surface area contributed by atoms with E-state index in [2.05, 4.69) is 15.5 Å². The van der Waals surface area contributed by atoms with Gasteiger partial charge in [-0.25, -0.2) is 8.42 Å². The van der Waals surface area contributed by atoms with Crippen LogP contribution in [0, 0.1) is 0 Å². The number of sulfone groups is 1. The van der Waals surface area contributed by atoms with E-state index in [1.807, 2.05) is 47.8 Å². The second kappa shape index (κ2) is 8.01. The number of nitrogens with zero attached hydrogens (tertiary/aromatic N) is 2. The molecule has 1 amide bonds. The predicted octanol–water partition coefficient (Wildman–Crippen LogP) is 2.98. The van der Waals surface area contributed by atoms with Gasteiger partial charge in [-0.1, -0.05) is 41.6 Å². The molecule has 2 aromatic heterocycles. The average Bonchev–Trinajstić information content (AvgIpc) is 3.33. The minimum atomic E-state index is -3.80. The number of nitrogens with one attached hydrogen (secondary N) is 1. The van der Waals surface area contributed by atoms with Gasteiger partial charge in [0, 0.05) is 0 Å². The van der Waals surface area contributed by atoms with Crippen LogP contribution in [-0.4, -0.2) is 29.7 Å². The van der Waals surface area contributed by atoms with Crippen LogP contribution < -0.4 is 5.32 Å². The molecule has 2 atom stereocenters. The van der Waals surface area contributed by atoms with E-state index >= 15 is 0 Å². The maximum absolute atomic E-state index is 12.6. The second-order valence-corrected chi connectivity index (χ2v) is 9.35. The average molecular weight is 406 g/mol. The van der Waals surface area contributed by atoms with Crippen LogP contribution in [0.1, 0.15) is 31.3 Å². The molecule has 0 spiro atoms. The SMILES string of the molecule is C[C@H](NC(=O)[C@H](C)S(=O)(=O)Cc1nc(-c2cccs2)no1)c1ccccc1. The summed E-state index contributed by atoms with van der Waals surface area (Å²) in [5, 5.41) is 7.15. The fourth-order valence-electron chi connectivity index (χ4n) is 2.44. The van der Waals surface area contributed by atoms with Crippen molar-refractivity contribution in [2.24, 2.45) is 0 Å². The first-order valence-corrected chi connectivity index (χ1v) is 10.9. The number of aromatic nitrogens is 2. The van der Waals surface area contributed by atoms with Gasteiger partial charge in [-0.3, -0.25) is 4.79 Å². The number of amides is 1. The van der Waals surface area contributed by atoms with Crippen LogP contribution >= 0.6 is 11.3 Å². The lowest BCUT2D eigenvalue weighted by atomic mass is 10.1. The van der Waals surface area contributed by atoms with Gasteiger partial charge in [-0.15, -0.1) is 11.3 Å². The van der Waals surface area contributed by atoms with Crippen LogP contribution in [0.3, 0.4) is 0 Å². The van der Waals surface area contributed by atoms with E-state index in [0.717, 1.165) is 10.4 Å². The molecule has 1 aromatic carbocycles. The number of thiophene rings is 1. The normalized spacial score (nSPS) is 13.9. The van der Waals surface area contributed by atoms with Crippen molar-refractivity contribution in [2.45, 2.75) is 30.9 Å². The quantitative estimate of drug-likeness (QED) is 0.648. The standard InChI is InChI=1S/C18H19N3O4S2/c1-12(14-7-4-3-5-8-14)19-18(22)13(2)27(23,24)11-16-20-17(21-25-16)15-9-6-10-26-15/h3-10,12-13H,11H2,1-2H3,(H,19,22)/t12-,13-/m0/s1. The molecule has 3 aromatic rings. The van der Waals surface area contributed by atoms with E-state index < -0.39 is 26.7 Å². The van der Waals surface area contributed by atoms with Crippen molar-refractivity contribution < 1.29 is 17.7 Å². The molecule has 27 heavy (non-hydrogen) atoms. The van der Waals surface area contributed by atoms with Gasteiger partial charge in [0.2, 0.25) is 17.6 Å². The van der Waals surface area contributed by atoms with Gasteiger partial charge in [-0.05, 0) is 30.9 Å². The van der Waals surface area contributed by atoms with Crippen molar-refractivity contribution in [1.82, 2.24) is 15.5 Å². The molecule has 1 N–H and O–H groups in total. The van der Waals surface area contributed by atoms with Gasteiger partial charge < -0.3 is 9.84 Å². The van der Waals surface area contributed by atoms with Crippen LogP contribution in [0.25, 0.3) is 10.7 Å². The van der Waals surface area contributed by atoms with E-state index in [4.69, 9.17) is 4.52 Å². The summed E-state index contributed by atoms with van der Waals surface area (Å²) in [5.41, 5.74) is 0.896. The molecule has 142 valence electrons. The summed E-state index contributed by atoms with van der Waals surface area (Å²) in [5.74, 6) is -0.747. The number of carbonyl (C=O) groups excluding carboxylic acids is 1. The van der Waals surface area contributed by atoms with Crippen molar-refractivity contribution in [3.05, 3.63) is 59.3 Å². The fourth-order valence-corrected chi connectivity index (χ4v) is 4.19. The van der Waals surface area contributed by atoms with E-state index in [-0.39, 0.29) is 11.9 Å². The molecular formula is C18H19N3O4S2. The summed E-state index contributed by atoms with van der Waals surface area (Å²) in [4.78, 5) is 17.3. The highest BCUT2D eigenvalue weighted by atomic mass is 32.2. The highest BCUT2D eigenvalue weighted by Gasteiger charge is 2.31. The number of benzene rings is 1. The van der Waals surface area contributed by atoms with Crippen molar-refractivity contribution in [1.29, 1.82) is 0 Å². The Labute approximate surface area is 161 Å². The molecule has 0 bridgehead atoms. The summed E-state index contributed by atoms with van der Waals surface area (Å²) in [7, 11) is -3.80. The molecule has 0 aliphatic heterocycles. The molecule has 7 nitrogen and oxygen atoms in total. The fraction of sp³-hybridized carbons (Fsp3) is 0.278. The topological polar surface area (TPSA) is 102 Å². The maximum Gasteiger partial charge on any atom is 0.242 e. The first-order valence-electron chi connectivity index (χ1n) is 8.30. The van der Waals surface area contributed by atoms with Gasteiger partial charge in [0.1, 0.15) is 11.0 Å². The highest BCUT2D eigenvalue weighted by molar-refractivity contribution is 7.92. The molecule has 2 heterocycles. The van der Waals surface area contributed by atoms with Crippen molar-refractivity contribution in [2.75, 3.05) is 0 Å². The molecule has 0 aliphatic carbocycles. The van der Waals surface area contributed by atoms with Crippen molar-refractivity contribution in [3.63, 3.8) is 0 Å². The van der Waals surface area contributed by atoms with E-state index in [1.165, 1.54) is 18.3 Å². The van der Waals surface area contributed by atoms with Crippen molar-refractivity contribution >= 4 is 27.1 Å². The Balaban J connectivity index is 1.66. The maximum atomic E-state index is 12.6. The van der Waals surface area contributed by atoms with Crippen molar-refractivity contribution in [3.8, 4) is 10.7 Å². The first kappa shape index (κ1) is 19.2. The van der Waals surface area contributed by atoms with Gasteiger partial charge in [0.05, 0.1) is 10.9 Å². The lowest BCUT2D eigenvalue weighted by molar-refractivity contribution is -0.121. The van der Waals surface area contributed by atoms with E-state index in [0.29, 0.717) is 5.82 Å². The molecular weight excluding hydrogens is 386 g/mol. The van der Waals surface area contributed by atoms with E-state index in [1.54, 1.807) is 6.92 Å². The Bertz CT molecular complexity index is 998. The molecule has 0 unspecified atom stereocenters. The first-order chi connectivity index (χ1) is 12.9. The lowest BCUT2D eigenvalue weighted by Gasteiger charge is -2.17. The highest BCUT2D eigenvalue weighted by Crippen LogP contribution is 2.22. The summed E-state index contributed by atoms with van der Waals surface area (Å²) in [6.07, 6.45) is 0. The number of hydrogen-bond acceptors (Lipinski definition) is 7. The third kappa shape index (κ3) is 4.61. The zero-order chi connectivity index (χ0) is 19.4. The number of hydrogen-bond donors (Lipinski definition) is 1. The van der Waals surface area contributed by atoms with E-state index in [9.17, 15) is 13.2 Å². The minimum Gasteiger partial charge on any atom is -0.348 e. The van der Waals surface area contributed by atoms with Crippen LogP contribution in [0.2, 0.25) is 0 Å². The predicted molar refractivity (Wildman–Crippen MR) is 103 cm³/mol. The van der Waals surface area contributed by atoms with Gasteiger partial charge in [0.25, 0.3) is 0 Å². The third-order valence-corrected chi connectivity index (χ3v) is 6.91. The smallest absolute Gasteiger partial charge is 0.242 e. The van der Waals surface area contributed by atoms with Crippen LogP contribution in [0.4, 0.5) is 0 Å². The second-order valence-electron chi connectivity index (χ2n) is 6.08. The number of rotatable bonds is 7. The summed E-state index contributed by atoms with van der Waals surface area (Å²) in [6, 6.07) is 12.7. The zero-order valence-corrected chi connectivity index (χ0v) is 16.5. The summed E-state index contributed by atoms with van der Waals surface area (Å²) in [6.45, 7) is 3.16. The molecule has 0 saturated carbocycles. The summed E-state index contributed by atoms with van der Waals surface area (Å²) < 4.78 is 30.2. The van der Waals surface area contributed by atoms with Crippen LogP contribution in [0.15, 0.2) is 52.4 Å². The zero-order valence-electron chi connectivity index (χ0n) is 14.8. The monoisotopic (exact) mass is 405 g/mol. The molecule has 0 fully saturated rings. The molecule has 0 aliphatic rings. The Kier molecular flexibility index (Phi) is 5.71. The van der Waals surface area contributed by atoms with Crippen LogP contribution in [-0.2, 0) is 20.4 Å². The third-order valence-electron chi connectivity index (χ3n) is 4.10. The Hall–Kier alpha value is -2.52. The molecule has 0 saturated heterocycles. The lowest BCUT2D eigenvalue weighted by Crippen LogP contribution is -2.39. The Morgan fingerprint density at radius 1 is 1.19 bits per heavy atom. The van der Waals surface area contributed by atoms with Gasteiger partial charge in [0.15, 0.2) is 9.84 Å². The molecule has 3 rings (SSSR count).